The van der Waals surface area contributed by atoms with E-state index >= 15 is 0 Å². The Labute approximate surface area is 90.5 Å². The predicted octanol–water partition coefficient (Wildman–Crippen LogP) is -6.00. The van der Waals surface area contributed by atoms with Crippen LogP contribution in [0.1, 0.15) is 0 Å². The zero-order valence-electron chi connectivity index (χ0n) is 1.84. The summed E-state index contributed by atoms with van der Waals surface area (Å²) in [5.41, 5.74) is 0. The number of hydrogen-bond donors (Lipinski definition) is 0. The van der Waals surface area contributed by atoms with E-state index in [1.54, 1.807) is 0 Å². The van der Waals surface area contributed by atoms with Crippen molar-refractivity contribution in [3.63, 3.8) is 0 Å². The third-order valence-corrected chi connectivity index (χ3v) is 0. The van der Waals surface area contributed by atoms with Gasteiger partial charge in [0.2, 0.25) is 0 Å². The van der Waals surface area contributed by atoms with Crippen LogP contribution >= 0.6 is 0 Å². The third kappa shape index (κ3) is 8.86. The molecule has 0 aromatic rings. The van der Waals surface area contributed by atoms with Gasteiger partial charge in [-0.15, -0.1) is 0 Å². The van der Waals surface area contributed by atoms with Gasteiger partial charge in [-0.3, -0.25) is 0 Å². The number of hydrogen-bond acceptors (Lipinski definition) is 0. The molecule has 0 amide bonds. The molecule has 0 unspecified atom stereocenters. The normalized spacial score (nSPS) is 0. The topological polar surface area (TPSA) is 0 Å². The summed E-state index contributed by atoms with van der Waals surface area (Å²) in [6.07, 6.45) is 0. The fourth-order valence-corrected chi connectivity index (χ4v) is 0. The van der Waals surface area contributed by atoms with E-state index in [0.717, 1.165) is 0 Å². The average Bonchev–Trinajstić information content (AvgIpc) is 0. The van der Waals surface area contributed by atoms with Crippen LogP contribution in [0.3, 0.4) is 0 Å². The first-order valence-electron chi connectivity index (χ1n) is 0. The molecule has 4 heteroatoms. The van der Waals surface area contributed by atoms with E-state index in [0.29, 0.717) is 0 Å². The average molecular weight is 421 g/mol. The second-order valence-electron chi connectivity index (χ2n) is 0. The molecule has 4 heavy (non-hydrogen) atoms. The van der Waals surface area contributed by atoms with E-state index in [9.17, 15) is 0 Å². The van der Waals surface area contributed by atoms with Crippen molar-refractivity contribution in [2.24, 2.45) is 0 Å². The summed E-state index contributed by atoms with van der Waals surface area (Å²) in [7, 11) is 0. The maximum Gasteiger partial charge on any atom is 2.00 e. The molecule has 0 aliphatic carbocycles. The van der Waals surface area contributed by atoms with E-state index in [1.165, 1.54) is 0 Å². The Morgan fingerprint density at radius 1 is 0.750 bits per heavy atom. The second-order valence-corrected chi connectivity index (χ2v) is 0. The van der Waals surface area contributed by atoms with Crippen molar-refractivity contribution in [3.05, 3.63) is 0 Å². The molecule has 0 aromatic heterocycles. The molecule has 0 N–H and O–H groups in total. The van der Waals surface area contributed by atoms with Gasteiger partial charge in [0.15, 0.2) is 0 Å². The zero-order valence-corrected chi connectivity index (χ0v) is 11.4. The molecule has 0 heterocycles. The van der Waals surface area contributed by atoms with Crippen molar-refractivity contribution in [2.75, 3.05) is 0 Å². The fourth-order valence-electron chi connectivity index (χ4n) is 0. The number of rotatable bonds is 0. The summed E-state index contributed by atoms with van der Waals surface area (Å²) in [6.45, 7) is 0. The van der Waals surface area contributed by atoms with Gasteiger partial charge in [0, 0.05) is 0 Å². The molecule has 0 saturated heterocycles. The minimum Gasteiger partial charge on any atom is -1.00 e. The van der Waals surface area contributed by atoms with Gasteiger partial charge in [0.25, 0.3) is 0 Å². The first-order chi connectivity index (χ1) is 0. The molecule has 0 bridgehead atoms. The Hall–Kier alpha value is 2.90. The smallest absolute Gasteiger partial charge is 1.00 e. The van der Waals surface area contributed by atoms with Crippen LogP contribution in [0.15, 0.2) is 0 Å². The van der Waals surface area contributed by atoms with Gasteiger partial charge in [0.1, 0.15) is 0 Å². The van der Waals surface area contributed by atoms with Gasteiger partial charge in [-0.2, -0.15) is 0 Å². The first kappa shape index (κ1) is 28.6. The van der Waals surface area contributed by atoms with E-state index in [-0.39, 0.29) is 92.3 Å². The van der Waals surface area contributed by atoms with Crippen molar-refractivity contribution in [3.8, 4) is 0 Å². The van der Waals surface area contributed by atoms with Crippen molar-refractivity contribution in [2.45, 2.75) is 0 Å². The molecular weight excluding hydrogens is 421 g/mol. The zero-order chi connectivity index (χ0) is 0. The Balaban J connectivity index is 0. The van der Waals surface area contributed by atoms with Crippen LogP contribution in [-0.2, 0) is 44.4 Å². The Morgan fingerprint density at radius 2 is 0.750 bits per heavy atom. The molecule has 21 valence electrons. The minimum atomic E-state index is 0. The summed E-state index contributed by atoms with van der Waals surface area (Å²) in [5, 5.41) is 0. The molecule has 0 rings (SSSR count). The molecule has 0 atom stereocenters. The van der Waals surface area contributed by atoms with Crippen molar-refractivity contribution in [1.82, 2.24) is 0 Å². The summed E-state index contributed by atoms with van der Waals surface area (Å²) < 4.78 is 0. The summed E-state index contributed by atoms with van der Waals surface area (Å²) in [5.74, 6) is 0. The predicted molar refractivity (Wildman–Crippen MR) is 0 cm³/mol. The maximum atomic E-state index is 0. The van der Waals surface area contributed by atoms with Gasteiger partial charge in [-0.05, 0) is 0 Å². The van der Waals surface area contributed by atoms with Gasteiger partial charge in [0.05, 0.1) is 0 Å². The molecule has 0 aromatic carbocycles. The van der Waals surface area contributed by atoms with Crippen molar-refractivity contribution in [1.29, 1.82) is 0 Å². The summed E-state index contributed by atoms with van der Waals surface area (Å²) in [4.78, 5) is 0. The molecule has 0 nitrogen and oxygen atoms in total. The summed E-state index contributed by atoms with van der Waals surface area (Å²) >= 11 is 0. The molecule has 0 spiro atoms. The van der Waals surface area contributed by atoms with E-state index in [1.807, 2.05) is 0 Å². The maximum absolute atomic E-state index is 0. The monoisotopic (exact) mass is 423 g/mol. The first-order valence-corrected chi connectivity index (χ1v) is 0. The van der Waals surface area contributed by atoms with Crippen LogP contribution in [0, 0.1) is 0 Å². The molecule has 0 aliphatic heterocycles. The van der Waals surface area contributed by atoms with E-state index < -0.39 is 0 Å². The number of halogens is 2. The fraction of sp³-hybridized carbons (Fsp3) is 0. The largest absolute Gasteiger partial charge is 2.00 e. The van der Waals surface area contributed by atoms with Crippen LogP contribution in [0.2, 0.25) is 0 Å². The molecule has 0 aliphatic rings. The van der Waals surface area contributed by atoms with Gasteiger partial charge in [-0.1, -0.05) is 0 Å². The Kier molecular flexibility index (Phi) is 120. The van der Waals surface area contributed by atoms with Gasteiger partial charge in [-0.25, -0.2) is 0 Å². The quantitative estimate of drug-likeness (QED) is 0.270. The van der Waals surface area contributed by atoms with Gasteiger partial charge >= 0.3 is 44.4 Å². The van der Waals surface area contributed by atoms with Crippen LogP contribution < -0.4 is 48.0 Å². The second kappa shape index (κ2) is 16.8. The Bertz CT molecular complexity index is 6.00. The third-order valence-electron chi connectivity index (χ3n) is 0. The molecule has 0 saturated carbocycles. The van der Waals surface area contributed by atoms with Crippen molar-refractivity contribution < 1.29 is 92.3 Å². The van der Waals surface area contributed by atoms with Crippen LogP contribution in [0.25, 0.3) is 0 Å². The van der Waals surface area contributed by atoms with E-state index in [4.69, 9.17) is 0 Å². The Morgan fingerprint density at radius 3 is 0.750 bits per heavy atom. The molecular formula is CdI2Mn+2. The SMILES string of the molecule is [Cd+2].[I-].[I-].[Mn+2]. The molecule has 1 radical (unpaired) electrons. The van der Waals surface area contributed by atoms with Crippen molar-refractivity contribution >= 4 is 0 Å². The summed E-state index contributed by atoms with van der Waals surface area (Å²) in [6, 6.07) is 0. The van der Waals surface area contributed by atoms with Crippen LogP contribution in [-0.4, -0.2) is 0 Å². The van der Waals surface area contributed by atoms with E-state index in [2.05, 4.69) is 0 Å². The molecule has 0 fully saturated rings. The van der Waals surface area contributed by atoms with Gasteiger partial charge < -0.3 is 48.0 Å². The van der Waals surface area contributed by atoms with Crippen LogP contribution in [0.4, 0.5) is 0 Å². The minimum absolute atomic E-state index is 0. The standard InChI is InChI=1S/Cd.2HI.Mn/h;2*1H;/q+2;;;+2/p-2. The van der Waals surface area contributed by atoms with Crippen LogP contribution in [0.5, 0.6) is 0 Å².